The Morgan fingerprint density at radius 3 is 2.30 bits per heavy atom. The predicted octanol–water partition coefficient (Wildman–Crippen LogP) is 2.85. The van der Waals surface area contributed by atoms with Crippen molar-refractivity contribution in [2.24, 2.45) is 5.16 Å². The molecule has 1 aromatic heterocycles. The van der Waals surface area contributed by atoms with E-state index in [9.17, 15) is 22.8 Å². The maximum Gasteiger partial charge on any atom is 0.490 e. The lowest BCUT2D eigenvalue weighted by Crippen LogP contribution is -2.53. The Morgan fingerprint density at radius 1 is 1.03 bits per heavy atom. The first kappa shape index (κ1) is 27.4. The van der Waals surface area contributed by atoms with Crippen LogP contribution in [0.15, 0.2) is 60.0 Å². The molecule has 1 saturated heterocycles. The van der Waals surface area contributed by atoms with Crippen molar-refractivity contribution in [2.45, 2.75) is 44.1 Å². The molecule has 2 aliphatic heterocycles. The standard InChI is InChI=1S/C22H25N5O3.C2HF3O2/c28-20(24-14-18-7-10-23-11-8-18)19-13-22(30-26-19)9-4-12-27(16-22)21(29)25-15-17-5-2-1-3-6-17;3-2(4,5)1(6)7/h1-3,5-8,10-11H,4,9,12-16H2,(H,24,28)(H,25,29);(H,6,7). The minimum atomic E-state index is -5.08. The first-order valence-corrected chi connectivity index (χ1v) is 11.4. The van der Waals surface area contributed by atoms with E-state index in [0.29, 0.717) is 38.3 Å². The van der Waals surface area contributed by atoms with Crippen LogP contribution in [-0.4, -0.2) is 63.5 Å². The number of carbonyl (C=O) groups excluding carboxylic acids is 2. The number of oxime groups is 1. The first-order chi connectivity index (χ1) is 17.6. The molecule has 37 heavy (non-hydrogen) atoms. The van der Waals surface area contributed by atoms with Crippen molar-refractivity contribution in [1.82, 2.24) is 20.5 Å². The van der Waals surface area contributed by atoms with Crippen LogP contribution in [0.5, 0.6) is 0 Å². The van der Waals surface area contributed by atoms with Crippen LogP contribution in [0.2, 0.25) is 0 Å². The van der Waals surface area contributed by atoms with E-state index in [1.807, 2.05) is 42.5 Å². The van der Waals surface area contributed by atoms with Crippen molar-refractivity contribution in [3.8, 4) is 0 Å². The maximum absolute atomic E-state index is 12.6. The molecule has 2 aromatic rings. The fourth-order valence-corrected chi connectivity index (χ4v) is 3.80. The van der Waals surface area contributed by atoms with Crippen molar-refractivity contribution in [2.75, 3.05) is 13.1 Å². The van der Waals surface area contributed by atoms with Crippen LogP contribution in [0.3, 0.4) is 0 Å². The highest BCUT2D eigenvalue weighted by Gasteiger charge is 2.45. The molecule has 0 saturated carbocycles. The molecule has 198 valence electrons. The number of alkyl halides is 3. The molecule has 10 nitrogen and oxygen atoms in total. The van der Waals surface area contributed by atoms with E-state index in [4.69, 9.17) is 14.7 Å². The number of nitrogens with one attached hydrogen (secondary N) is 2. The molecule has 4 rings (SSSR count). The molecule has 1 spiro atoms. The smallest absolute Gasteiger partial charge is 0.475 e. The Morgan fingerprint density at radius 2 is 1.65 bits per heavy atom. The van der Waals surface area contributed by atoms with Gasteiger partial charge < -0.3 is 25.5 Å². The van der Waals surface area contributed by atoms with E-state index in [1.165, 1.54) is 0 Å². The fourth-order valence-electron chi connectivity index (χ4n) is 3.80. The Kier molecular flexibility index (Phi) is 9.04. The second-order valence-electron chi connectivity index (χ2n) is 8.50. The highest BCUT2D eigenvalue weighted by atomic mass is 19.4. The lowest BCUT2D eigenvalue weighted by Gasteiger charge is -2.38. The molecule has 0 aliphatic carbocycles. The number of amides is 3. The Hall–Kier alpha value is -4.16. The lowest BCUT2D eigenvalue weighted by atomic mass is 9.88. The Bertz CT molecular complexity index is 1110. The van der Waals surface area contributed by atoms with Crippen LogP contribution >= 0.6 is 0 Å². The number of aromatic nitrogens is 1. The van der Waals surface area contributed by atoms with Crippen molar-refractivity contribution in [1.29, 1.82) is 0 Å². The fraction of sp³-hybridized carbons (Fsp3) is 0.375. The molecule has 3 heterocycles. The number of halogens is 3. The molecule has 0 radical (unpaired) electrons. The van der Waals surface area contributed by atoms with Gasteiger partial charge in [-0.05, 0) is 36.1 Å². The van der Waals surface area contributed by atoms with Gasteiger partial charge in [0, 0.05) is 38.4 Å². The predicted molar refractivity (Wildman–Crippen MR) is 125 cm³/mol. The summed E-state index contributed by atoms with van der Waals surface area (Å²) in [7, 11) is 0. The van der Waals surface area contributed by atoms with Gasteiger partial charge in [-0.1, -0.05) is 35.5 Å². The van der Waals surface area contributed by atoms with Crippen molar-refractivity contribution < 1.29 is 37.5 Å². The summed E-state index contributed by atoms with van der Waals surface area (Å²) in [6.45, 7) is 1.96. The number of rotatable bonds is 5. The molecule has 1 unspecified atom stereocenters. The average Bonchev–Trinajstić information content (AvgIpc) is 3.29. The number of hydrogen-bond donors (Lipinski definition) is 3. The zero-order valence-corrected chi connectivity index (χ0v) is 19.7. The third-order valence-corrected chi connectivity index (χ3v) is 5.66. The van der Waals surface area contributed by atoms with Gasteiger partial charge in [0.1, 0.15) is 5.71 Å². The van der Waals surface area contributed by atoms with E-state index in [0.717, 1.165) is 24.0 Å². The summed E-state index contributed by atoms with van der Waals surface area (Å²) in [5.41, 5.74) is 1.76. The van der Waals surface area contributed by atoms with E-state index in [2.05, 4.69) is 20.8 Å². The molecule has 3 N–H and O–H groups in total. The van der Waals surface area contributed by atoms with Gasteiger partial charge in [-0.25, -0.2) is 9.59 Å². The van der Waals surface area contributed by atoms with Crippen LogP contribution in [0.4, 0.5) is 18.0 Å². The quantitative estimate of drug-likeness (QED) is 0.554. The summed E-state index contributed by atoms with van der Waals surface area (Å²) in [5, 5.41) is 17.0. The molecule has 1 atom stereocenters. The average molecular weight is 521 g/mol. The van der Waals surface area contributed by atoms with Gasteiger partial charge >= 0.3 is 18.2 Å². The Balaban J connectivity index is 0.000000479. The van der Waals surface area contributed by atoms with Crippen LogP contribution in [0.25, 0.3) is 0 Å². The van der Waals surface area contributed by atoms with Crippen molar-refractivity contribution in [3.63, 3.8) is 0 Å². The summed E-state index contributed by atoms with van der Waals surface area (Å²) in [6.07, 6.45) is 0.260. The van der Waals surface area contributed by atoms with Crippen LogP contribution in [-0.2, 0) is 27.5 Å². The number of carboxylic acids is 1. The van der Waals surface area contributed by atoms with Crippen LogP contribution < -0.4 is 10.6 Å². The number of nitrogens with zero attached hydrogens (tertiary/aromatic N) is 3. The normalized spacial score (nSPS) is 18.7. The number of carboxylic acid groups (broad SMARTS) is 1. The third kappa shape index (κ3) is 8.19. The third-order valence-electron chi connectivity index (χ3n) is 5.66. The number of aliphatic carboxylic acids is 1. The summed E-state index contributed by atoms with van der Waals surface area (Å²) in [6, 6.07) is 13.4. The topological polar surface area (TPSA) is 133 Å². The number of hydrogen-bond acceptors (Lipinski definition) is 6. The van der Waals surface area contributed by atoms with Crippen LogP contribution in [0, 0.1) is 0 Å². The summed E-state index contributed by atoms with van der Waals surface area (Å²) in [4.78, 5) is 45.4. The van der Waals surface area contributed by atoms with Gasteiger partial charge in [-0.2, -0.15) is 13.2 Å². The largest absolute Gasteiger partial charge is 0.490 e. The number of benzene rings is 1. The molecule has 2 aliphatic rings. The van der Waals surface area contributed by atoms with Gasteiger partial charge in [0.25, 0.3) is 5.91 Å². The number of piperidine rings is 1. The Labute approximate surface area is 210 Å². The second kappa shape index (κ2) is 12.2. The molecular weight excluding hydrogens is 495 g/mol. The van der Waals surface area contributed by atoms with Gasteiger partial charge in [-0.3, -0.25) is 9.78 Å². The molecule has 1 fully saturated rings. The van der Waals surface area contributed by atoms with Crippen LogP contribution in [0.1, 0.15) is 30.4 Å². The summed E-state index contributed by atoms with van der Waals surface area (Å²) < 4.78 is 31.7. The second-order valence-corrected chi connectivity index (χ2v) is 8.50. The SMILES string of the molecule is O=C(NCc1ccncc1)C1=NOC2(CCCN(C(=O)NCc3ccccc3)C2)C1.O=C(O)C(F)(F)F. The van der Waals surface area contributed by atoms with Gasteiger partial charge in [0.05, 0.1) is 6.54 Å². The minimum absolute atomic E-state index is 0.128. The zero-order chi connectivity index (χ0) is 26.9. The molecule has 3 amide bonds. The van der Waals surface area contributed by atoms with Gasteiger partial charge in [-0.15, -0.1) is 0 Å². The molecule has 1 aromatic carbocycles. The number of pyridine rings is 1. The monoisotopic (exact) mass is 521 g/mol. The molecular formula is C24H26F3N5O5. The van der Waals surface area contributed by atoms with E-state index in [-0.39, 0.29) is 11.9 Å². The highest BCUT2D eigenvalue weighted by molar-refractivity contribution is 6.39. The minimum Gasteiger partial charge on any atom is -0.475 e. The summed E-state index contributed by atoms with van der Waals surface area (Å²) >= 11 is 0. The maximum atomic E-state index is 12.6. The number of likely N-dealkylation sites (tertiary alicyclic amines) is 1. The van der Waals surface area contributed by atoms with Crippen molar-refractivity contribution in [3.05, 3.63) is 66.0 Å². The number of urea groups is 1. The first-order valence-electron chi connectivity index (χ1n) is 11.4. The van der Waals surface area contributed by atoms with E-state index >= 15 is 0 Å². The zero-order valence-electron chi connectivity index (χ0n) is 19.7. The summed E-state index contributed by atoms with van der Waals surface area (Å²) in [5.74, 6) is -3.00. The highest BCUT2D eigenvalue weighted by Crippen LogP contribution is 2.33. The molecule has 13 heteroatoms. The van der Waals surface area contributed by atoms with Gasteiger partial charge in [0.15, 0.2) is 5.60 Å². The van der Waals surface area contributed by atoms with Crippen molar-refractivity contribution >= 4 is 23.6 Å². The van der Waals surface area contributed by atoms with Gasteiger partial charge in [0.2, 0.25) is 0 Å². The van der Waals surface area contributed by atoms with E-state index < -0.39 is 17.7 Å². The lowest BCUT2D eigenvalue weighted by molar-refractivity contribution is -0.192. The molecule has 0 bridgehead atoms. The van der Waals surface area contributed by atoms with E-state index in [1.54, 1.807) is 17.3 Å². The number of carbonyl (C=O) groups is 3.